The molecule has 0 bridgehead atoms. The molecule has 2 heteroatoms. The first-order valence-corrected chi connectivity index (χ1v) is 21.5. The van der Waals surface area contributed by atoms with Crippen LogP contribution in [-0.4, -0.2) is 0 Å². The molecular weight excluding hydrogens is 715 g/mol. The van der Waals surface area contributed by atoms with E-state index in [9.17, 15) is 0 Å². The van der Waals surface area contributed by atoms with Gasteiger partial charge in [0, 0.05) is 33.6 Å². The molecule has 7 aromatic carbocycles. The van der Waals surface area contributed by atoms with Crippen molar-refractivity contribution >= 4 is 55.3 Å². The van der Waals surface area contributed by atoms with Crippen molar-refractivity contribution < 1.29 is 4.42 Å². The predicted molar refractivity (Wildman–Crippen MR) is 250 cm³/mol. The first-order chi connectivity index (χ1) is 29.2. The maximum Gasteiger partial charge on any atom is 0.136 e. The van der Waals surface area contributed by atoms with E-state index in [1.165, 1.54) is 87.5 Å². The summed E-state index contributed by atoms with van der Waals surface area (Å²) < 4.78 is 6.29. The Labute approximate surface area is 347 Å². The number of hydrogen-bond donors (Lipinski definition) is 0. The number of rotatable bonds is 7. The Morgan fingerprint density at radius 2 is 1.22 bits per heavy atom. The Hall–Kier alpha value is -6.64. The van der Waals surface area contributed by atoms with Crippen LogP contribution in [0, 0.1) is 11.8 Å². The second-order valence-electron chi connectivity index (χ2n) is 16.7. The highest BCUT2D eigenvalue weighted by molar-refractivity contribution is 6.12. The van der Waals surface area contributed by atoms with Crippen molar-refractivity contribution in [1.82, 2.24) is 0 Å². The van der Waals surface area contributed by atoms with E-state index < -0.39 is 0 Å². The highest BCUT2D eigenvalue weighted by Gasteiger charge is 2.27. The van der Waals surface area contributed by atoms with Crippen molar-refractivity contribution in [3.05, 3.63) is 205 Å². The number of nitrogens with zero attached hydrogens (tertiary/aromatic N) is 1. The van der Waals surface area contributed by atoms with Gasteiger partial charge in [-0.05, 0) is 117 Å². The number of fused-ring (bicyclic) bond motifs is 5. The van der Waals surface area contributed by atoms with Crippen LogP contribution >= 0.6 is 0 Å². The standard InChI is InChI=1S/C57H47NO/c1-38-46-19-6-5-16-40(46)32-37-47(38)41-28-33-44(34-29-41)58(45-35-30-42(31-36-45)49-23-13-27-55-57(49)52-21-8-10-26-54(52)59-55)53-25-9-7-20-50(53)51-24-12-18-43-17-11-22-48(56(43)51)39-14-3-2-4-15-39/h5-13,16-39,46H,2-4,14-15H2,1H3. The fourth-order valence-electron chi connectivity index (χ4n) is 10.4. The first-order valence-electron chi connectivity index (χ1n) is 21.5. The average Bonchev–Trinajstić information content (AvgIpc) is 3.69. The van der Waals surface area contributed by atoms with Crippen LogP contribution in [-0.2, 0) is 0 Å². The van der Waals surface area contributed by atoms with E-state index in [1.54, 1.807) is 0 Å². The average molecular weight is 762 g/mol. The van der Waals surface area contributed by atoms with Gasteiger partial charge in [0.1, 0.15) is 11.2 Å². The molecule has 0 N–H and O–H groups in total. The third-order valence-corrected chi connectivity index (χ3v) is 13.3. The molecule has 1 fully saturated rings. The van der Waals surface area contributed by atoms with Gasteiger partial charge in [-0.3, -0.25) is 0 Å². The summed E-state index contributed by atoms with van der Waals surface area (Å²) in [5.74, 6) is 1.40. The molecule has 8 aromatic rings. The third kappa shape index (κ3) is 6.26. The zero-order valence-corrected chi connectivity index (χ0v) is 33.5. The zero-order valence-electron chi connectivity index (χ0n) is 33.5. The maximum absolute atomic E-state index is 6.29. The minimum Gasteiger partial charge on any atom is -0.456 e. The number of para-hydroxylation sites is 2. The lowest BCUT2D eigenvalue weighted by molar-refractivity contribution is 0.445. The summed E-state index contributed by atoms with van der Waals surface area (Å²) in [5.41, 5.74) is 15.7. The molecule has 3 aliphatic carbocycles. The number of furan rings is 1. The van der Waals surface area contributed by atoms with Crippen LogP contribution in [0.2, 0.25) is 0 Å². The van der Waals surface area contributed by atoms with Crippen molar-refractivity contribution in [3.63, 3.8) is 0 Å². The molecule has 1 saturated carbocycles. The Balaban J connectivity index is 1.06. The van der Waals surface area contributed by atoms with Gasteiger partial charge in [-0.2, -0.15) is 0 Å². The molecule has 0 amide bonds. The lowest BCUT2D eigenvalue weighted by atomic mass is 9.74. The SMILES string of the molecule is CC1C(c2ccc(N(c3ccc(-c4cccc5oc6ccccc6c45)cc3)c3ccccc3-c3cccc4cccc(C5CCCCC5)c34)cc2)=CC=C2C=CC=CC21. The van der Waals surface area contributed by atoms with E-state index in [0.29, 0.717) is 17.8 Å². The lowest BCUT2D eigenvalue weighted by Crippen LogP contribution is -2.17. The molecule has 1 aromatic heterocycles. The fourth-order valence-corrected chi connectivity index (χ4v) is 10.4. The van der Waals surface area contributed by atoms with Crippen LogP contribution in [0.1, 0.15) is 56.1 Å². The molecule has 3 aliphatic rings. The highest BCUT2D eigenvalue weighted by atomic mass is 16.3. The molecule has 0 spiro atoms. The Morgan fingerprint density at radius 1 is 0.542 bits per heavy atom. The summed E-state index contributed by atoms with van der Waals surface area (Å²) in [6, 6.07) is 56.0. The van der Waals surface area contributed by atoms with Crippen molar-refractivity contribution in [1.29, 1.82) is 0 Å². The highest BCUT2D eigenvalue weighted by Crippen LogP contribution is 2.47. The van der Waals surface area contributed by atoms with Crippen molar-refractivity contribution in [2.45, 2.75) is 44.9 Å². The molecule has 1 heterocycles. The Morgan fingerprint density at radius 3 is 2.05 bits per heavy atom. The monoisotopic (exact) mass is 761 g/mol. The van der Waals surface area contributed by atoms with Gasteiger partial charge in [-0.15, -0.1) is 0 Å². The fraction of sp³-hybridized carbons (Fsp3) is 0.158. The van der Waals surface area contributed by atoms with Crippen LogP contribution < -0.4 is 4.90 Å². The van der Waals surface area contributed by atoms with Gasteiger partial charge in [0.05, 0.1) is 5.69 Å². The Bertz CT molecular complexity index is 2980. The molecule has 2 nitrogen and oxygen atoms in total. The molecule has 0 saturated heterocycles. The molecule has 2 atom stereocenters. The van der Waals surface area contributed by atoms with Crippen molar-refractivity contribution in [2.75, 3.05) is 4.90 Å². The largest absolute Gasteiger partial charge is 0.456 e. The summed E-state index contributed by atoms with van der Waals surface area (Å²) in [5, 5.41) is 5.02. The zero-order chi connectivity index (χ0) is 39.3. The third-order valence-electron chi connectivity index (χ3n) is 13.3. The molecule has 59 heavy (non-hydrogen) atoms. The topological polar surface area (TPSA) is 16.4 Å². The number of hydrogen-bond acceptors (Lipinski definition) is 2. The van der Waals surface area contributed by atoms with E-state index in [4.69, 9.17) is 4.42 Å². The van der Waals surface area contributed by atoms with Crippen LogP contribution in [0.25, 0.3) is 60.5 Å². The van der Waals surface area contributed by atoms with Crippen LogP contribution in [0.15, 0.2) is 198 Å². The van der Waals surface area contributed by atoms with Crippen LogP contribution in [0.3, 0.4) is 0 Å². The normalized spacial score (nSPS) is 17.9. The van der Waals surface area contributed by atoms with Crippen LogP contribution in [0.5, 0.6) is 0 Å². The van der Waals surface area contributed by atoms with Gasteiger partial charge in [0.2, 0.25) is 0 Å². The van der Waals surface area contributed by atoms with E-state index in [-0.39, 0.29) is 0 Å². The molecule has 286 valence electrons. The van der Waals surface area contributed by atoms with E-state index in [0.717, 1.165) is 38.9 Å². The van der Waals surface area contributed by atoms with E-state index in [1.807, 2.05) is 6.07 Å². The molecule has 0 radical (unpaired) electrons. The van der Waals surface area contributed by atoms with Gasteiger partial charge >= 0.3 is 0 Å². The van der Waals surface area contributed by atoms with E-state index in [2.05, 4.69) is 194 Å². The molecule has 2 unspecified atom stereocenters. The number of benzene rings is 7. The second-order valence-corrected chi connectivity index (χ2v) is 16.7. The van der Waals surface area contributed by atoms with Gasteiger partial charge in [-0.1, -0.05) is 172 Å². The minimum absolute atomic E-state index is 0.396. The van der Waals surface area contributed by atoms with E-state index >= 15 is 0 Å². The van der Waals surface area contributed by atoms with Crippen molar-refractivity contribution in [2.24, 2.45) is 11.8 Å². The first kappa shape index (κ1) is 35.5. The van der Waals surface area contributed by atoms with Gasteiger partial charge < -0.3 is 9.32 Å². The summed E-state index contributed by atoms with van der Waals surface area (Å²) in [7, 11) is 0. The van der Waals surface area contributed by atoms with Gasteiger partial charge in [-0.25, -0.2) is 0 Å². The molecule has 11 rings (SSSR count). The molecule has 0 aliphatic heterocycles. The summed E-state index contributed by atoms with van der Waals surface area (Å²) in [4.78, 5) is 2.46. The Kier molecular flexibility index (Phi) is 9.00. The minimum atomic E-state index is 0.396. The smallest absolute Gasteiger partial charge is 0.136 e. The van der Waals surface area contributed by atoms with Gasteiger partial charge in [0.25, 0.3) is 0 Å². The number of allylic oxidation sites excluding steroid dienone is 8. The number of anilines is 3. The van der Waals surface area contributed by atoms with Crippen LogP contribution in [0.4, 0.5) is 17.1 Å². The second kappa shape index (κ2) is 14.9. The summed E-state index contributed by atoms with van der Waals surface area (Å²) >= 11 is 0. The molecular formula is C57H47NO. The van der Waals surface area contributed by atoms with Crippen molar-refractivity contribution in [3.8, 4) is 22.3 Å². The quantitative estimate of drug-likeness (QED) is 0.161. The van der Waals surface area contributed by atoms with Gasteiger partial charge in [0.15, 0.2) is 0 Å². The predicted octanol–water partition coefficient (Wildman–Crippen LogP) is 16.3. The maximum atomic E-state index is 6.29. The lowest BCUT2D eigenvalue weighted by Gasteiger charge is -2.31. The summed E-state index contributed by atoms with van der Waals surface area (Å²) in [6.07, 6.45) is 20.1. The summed E-state index contributed by atoms with van der Waals surface area (Å²) in [6.45, 7) is 2.36.